The molecule has 6 heteroatoms. The van der Waals surface area contributed by atoms with Crippen LogP contribution in [0.15, 0.2) is 48.5 Å². The van der Waals surface area contributed by atoms with E-state index in [0.29, 0.717) is 19.5 Å². The van der Waals surface area contributed by atoms with Gasteiger partial charge in [0.2, 0.25) is 11.8 Å². The highest BCUT2D eigenvalue weighted by Gasteiger charge is 2.25. The van der Waals surface area contributed by atoms with E-state index < -0.39 is 6.04 Å². The van der Waals surface area contributed by atoms with Crippen LogP contribution in [0.2, 0.25) is 0 Å². The molecule has 0 radical (unpaired) electrons. The van der Waals surface area contributed by atoms with E-state index in [2.05, 4.69) is 5.32 Å². The van der Waals surface area contributed by atoms with Crippen LogP contribution in [-0.4, -0.2) is 37.0 Å². The summed E-state index contributed by atoms with van der Waals surface area (Å²) in [4.78, 5) is 27.0. The Morgan fingerprint density at radius 2 is 1.45 bits per heavy atom. The van der Waals surface area contributed by atoms with Crippen molar-refractivity contribution >= 4 is 11.8 Å². The van der Waals surface area contributed by atoms with Gasteiger partial charge in [-0.25, -0.2) is 0 Å². The van der Waals surface area contributed by atoms with E-state index in [-0.39, 0.29) is 11.8 Å². The smallest absolute Gasteiger partial charge is 0.242 e. The number of hydrogen-bond donors (Lipinski definition) is 1. The first-order chi connectivity index (χ1) is 14.0. The zero-order valence-corrected chi connectivity index (χ0v) is 17.6. The first kappa shape index (κ1) is 22.3. The summed E-state index contributed by atoms with van der Waals surface area (Å²) in [5.74, 6) is 1.31. The predicted octanol–water partition coefficient (Wildman–Crippen LogP) is 3.54. The van der Waals surface area contributed by atoms with E-state index in [9.17, 15) is 9.59 Å². The van der Waals surface area contributed by atoms with Gasteiger partial charge in [-0.2, -0.15) is 0 Å². The molecule has 2 amide bonds. The fraction of sp³-hybridized carbons (Fsp3) is 0.391. The third-order valence-electron chi connectivity index (χ3n) is 4.77. The van der Waals surface area contributed by atoms with Crippen LogP contribution in [0.5, 0.6) is 11.5 Å². The Balaban J connectivity index is 2.04. The number of carbonyl (C=O) groups is 2. The zero-order valence-electron chi connectivity index (χ0n) is 17.6. The van der Waals surface area contributed by atoms with Crippen LogP contribution in [0.1, 0.15) is 37.8 Å². The van der Waals surface area contributed by atoms with Gasteiger partial charge in [0.25, 0.3) is 0 Å². The predicted molar refractivity (Wildman–Crippen MR) is 113 cm³/mol. The third-order valence-corrected chi connectivity index (χ3v) is 4.77. The Hall–Kier alpha value is -3.02. The van der Waals surface area contributed by atoms with Crippen LogP contribution in [-0.2, 0) is 22.7 Å². The lowest BCUT2D eigenvalue weighted by Gasteiger charge is -2.29. The molecule has 2 aromatic carbocycles. The minimum absolute atomic E-state index is 0.0320. The van der Waals surface area contributed by atoms with Crippen molar-refractivity contribution in [2.75, 3.05) is 14.2 Å². The van der Waals surface area contributed by atoms with Crippen molar-refractivity contribution in [3.8, 4) is 11.5 Å². The van der Waals surface area contributed by atoms with E-state index in [1.807, 2.05) is 55.5 Å². The van der Waals surface area contributed by atoms with Crippen molar-refractivity contribution < 1.29 is 19.1 Å². The summed E-state index contributed by atoms with van der Waals surface area (Å²) in [6.07, 6.45) is 1.14. The highest BCUT2D eigenvalue weighted by atomic mass is 16.5. The maximum atomic E-state index is 12.7. The van der Waals surface area contributed by atoms with Gasteiger partial charge in [-0.15, -0.1) is 0 Å². The Morgan fingerprint density at radius 3 is 1.93 bits per heavy atom. The summed E-state index contributed by atoms with van der Waals surface area (Å²) in [6.45, 7) is 4.49. The second-order valence-corrected chi connectivity index (χ2v) is 6.86. The van der Waals surface area contributed by atoms with Gasteiger partial charge in [-0.05, 0) is 48.7 Å². The monoisotopic (exact) mass is 398 g/mol. The molecule has 156 valence electrons. The highest BCUT2D eigenvalue weighted by Crippen LogP contribution is 2.16. The van der Waals surface area contributed by atoms with Gasteiger partial charge >= 0.3 is 0 Å². The third kappa shape index (κ3) is 6.52. The van der Waals surface area contributed by atoms with Gasteiger partial charge < -0.3 is 19.7 Å². The Morgan fingerprint density at radius 1 is 0.931 bits per heavy atom. The van der Waals surface area contributed by atoms with Crippen LogP contribution in [0.4, 0.5) is 0 Å². The lowest BCUT2D eigenvalue weighted by atomic mass is 10.1. The fourth-order valence-electron chi connectivity index (χ4n) is 2.95. The molecule has 0 aliphatic heterocycles. The molecule has 1 N–H and O–H groups in total. The SMILES string of the molecule is CCCC(=O)N(Cc1ccc(OC)cc1)[C@H](C)C(=O)NCc1ccc(OC)cc1. The molecule has 2 rings (SSSR count). The second kappa shape index (κ2) is 11.1. The molecular formula is C23H30N2O4. The highest BCUT2D eigenvalue weighted by molar-refractivity contribution is 5.87. The van der Waals surface area contributed by atoms with E-state index in [1.165, 1.54) is 0 Å². The normalized spacial score (nSPS) is 11.4. The molecule has 0 saturated carbocycles. The first-order valence-corrected chi connectivity index (χ1v) is 9.81. The number of ether oxygens (including phenoxy) is 2. The number of rotatable bonds is 10. The molecular weight excluding hydrogens is 368 g/mol. The minimum Gasteiger partial charge on any atom is -0.497 e. The Kier molecular flexibility index (Phi) is 8.52. The molecule has 2 aromatic rings. The van der Waals surface area contributed by atoms with Crippen LogP contribution >= 0.6 is 0 Å². The molecule has 0 bridgehead atoms. The molecule has 0 aliphatic rings. The number of hydrogen-bond acceptors (Lipinski definition) is 4. The molecule has 29 heavy (non-hydrogen) atoms. The van der Waals surface area contributed by atoms with Gasteiger partial charge in [0.15, 0.2) is 0 Å². The van der Waals surface area contributed by atoms with Crippen molar-refractivity contribution in [1.82, 2.24) is 10.2 Å². The molecule has 1 atom stereocenters. The molecule has 0 unspecified atom stereocenters. The molecule has 0 saturated heterocycles. The van der Waals surface area contributed by atoms with Crippen LogP contribution in [0.25, 0.3) is 0 Å². The van der Waals surface area contributed by atoms with Gasteiger partial charge in [-0.3, -0.25) is 9.59 Å². The summed E-state index contributed by atoms with van der Waals surface area (Å²) < 4.78 is 10.3. The number of carbonyl (C=O) groups excluding carboxylic acids is 2. The summed E-state index contributed by atoms with van der Waals surface area (Å²) in [5.41, 5.74) is 1.91. The van der Waals surface area contributed by atoms with Gasteiger partial charge in [0.1, 0.15) is 17.5 Å². The van der Waals surface area contributed by atoms with Crippen LogP contribution in [0.3, 0.4) is 0 Å². The van der Waals surface area contributed by atoms with Gasteiger partial charge in [-0.1, -0.05) is 31.2 Å². The number of amides is 2. The van der Waals surface area contributed by atoms with E-state index in [1.54, 1.807) is 26.0 Å². The lowest BCUT2D eigenvalue weighted by molar-refractivity contribution is -0.140. The van der Waals surface area contributed by atoms with Crippen molar-refractivity contribution in [2.45, 2.75) is 45.8 Å². The van der Waals surface area contributed by atoms with Crippen molar-refractivity contribution in [3.63, 3.8) is 0 Å². The maximum Gasteiger partial charge on any atom is 0.242 e. The van der Waals surface area contributed by atoms with Crippen molar-refractivity contribution in [1.29, 1.82) is 0 Å². The number of nitrogens with zero attached hydrogens (tertiary/aromatic N) is 1. The first-order valence-electron chi connectivity index (χ1n) is 9.81. The molecule has 6 nitrogen and oxygen atoms in total. The van der Waals surface area contributed by atoms with E-state index >= 15 is 0 Å². The largest absolute Gasteiger partial charge is 0.497 e. The van der Waals surface area contributed by atoms with E-state index in [0.717, 1.165) is 29.0 Å². The van der Waals surface area contributed by atoms with Crippen molar-refractivity contribution in [2.24, 2.45) is 0 Å². The molecule has 0 aromatic heterocycles. The molecule has 0 spiro atoms. The van der Waals surface area contributed by atoms with Crippen LogP contribution in [0, 0.1) is 0 Å². The Labute approximate surface area is 172 Å². The number of nitrogens with one attached hydrogen (secondary N) is 1. The lowest BCUT2D eigenvalue weighted by Crippen LogP contribution is -2.47. The average molecular weight is 399 g/mol. The zero-order chi connectivity index (χ0) is 21.2. The summed E-state index contributed by atoms with van der Waals surface area (Å²) in [6, 6.07) is 14.5. The molecule has 0 heterocycles. The summed E-state index contributed by atoms with van der Waals surface area (Å²) in [7, 11) is 3.23. The number of methoxy groups -OCH3 is 2. The van der Waals surface area contributed by atoms with Crippen LogP contribution < -0.4 is 14.8 Å². The molecule has 0 fully saturated rings. The standard InChI is InChI=1S/C23H30N2O4/c1-5-6-22(26)25(16-19-9-13-21(29-4)14-10-19)17(2)23(27)24-15-18-7-11-20(28-3)12-8-18/h7-14,17H,5-6,15-16H2,1-4H3,(H,24,27)/t17-/m1/s1. The number of benzene rings is 2. The van der Waals surface area contributed by atoms with Gasteiger partial charge in [0, 0.05) is 19.5 Å². The maximum absolute atomic E-state index is 12.7. The second-order valence-electron chi connectivity index (χ2n) is 6.86. The van der Waals surface area contributed by atoms with E-state index in [4.69, 9.17) is 9.47 Å². The average Bonchev–Trinajstić information content (AvgIpc) is 2.76. The quantitative estimate of drug-likeness (QED) is 0.665. The molecule has 0 aliphatic carbocycles. The Bertz CT molecular complexity index is 788. The van der Waals surface area contributed by atoms with Crippen molar-refractivity contribution in [3.05, 3.63) is 59.7 Å². The minimum atomic E-state index is -0.575. The fourth-order valence-corrected chi connectivity index (χ4v) is 2.95. The summed E-state index contributed by atoms with van der Waals surface area (Å²) in [5, 5.41) is 2.92. The summed E-state index contributed by atoms with van der Waals surface area (Å²) >= 11 is 0. The topological polar surface area (TPSA) is 67.9 Å². The van der Waals surface area contributed by atoms with Gasteiger partial charge in [0.05, 0.1) is 14.2 Å².